The van der Waals surface area contributed by atoms with E-state index in [1.165, 1.54) is 4.90 Å². The van der Waals surface area contributed by atoms with Gasteiger partial charge in [0.2, 0.25) is 0 Å². The number of hydrogen-bond donors (Lipinski definition) is 2. The van der Waals surface area contributed by atoms with Crippen LogP contribution in [0.2, 0.25) is 0 Å². The van der Waals surface area contributed by atoms with Gasteiger partial charge in [-0.2, -0.15) is 0 Å². The molecule has 1 aromatic rings. The summed E-state index contributed by atoms with van der Waals surface area (Å²) in [6, 6.07) is 8.56. The van der Waals surface area contributed by atoms with Gasteiger partial charge >= 0.3 is 0 Å². The van der Waals surface area contributed by atoms with E-state index in [2.05, 4.69) is 38.2 Å². The van der Waals surface area contributed by atoms with E-state index in [0.29, 0.717) is 6.04 Å². The van der Waals surface area contributed by atoms with Crippen LogP contribution in [0.15, 0.2) is 29.2 Å². The highest BCUT2D eigenvalue weighted by molar-refractivity contribution is 7.99. The molecule has 0 amide bonds. The van der Waals surface area contributed by atoms with Crippen LogP contribution in [0.4, 0.5) is 0 Å². The van der Waals surface area contributed by atoms with Gasteiger partial charge in [0.05, 0.1) is 13.7 Å². The standard InChI is InChI=1S/C17H29NO2S/c1-5-17(13-19,18-14(2)3)11-6-12-21-16-9-7-15(20-4)8-10-16/h7-10,14,18-19H,5-6,11-13H2,1-4H3. The smallest absolute Gasteiger partial charge is 0.118 e. The molecular weight excluding hydrogens is 282 g/mol. The topological polar surface area (TPSA) is 41.5 Å². The van der Waals surface area contributed by atoms with Crippen molar-refractivity contribution in [3.63, 3.8) is 0 Å². The molecule has 0 saturated carbocycles. The van der Waals surface area contributed by atoms with Crippen LogP contribution in [0, 0.1) is 0 Å². The lowest BCUT2D eigenvalue weighted by molar-refractivity contribution is 0.137. The SMILES string of the molecule is CCC(CO)(CCCSc1ccc(OC)cc1)NC(C)C. The second-order valence-corrected chi connectivity index (χ2v) is 6.89. The Hall–Kier alpha value is -0.710. The molecule has 4 heteroatoms. The molecule has 21 heavy (non-hydrogen) atoms. The third-order valence-corrected chi connectivity index (χ3v) is 4.80. The van der Waals surface area contributed by atoms with Gasteiger partial charge in [-0.15, -0.1) is 11.8 Å². The van der Waals surface area contributed by atoms with Crippen molar-refractivity contribution in [1.29, 1.82) is 0 Å². The summed E-state index contributed by atoms with van der Waals surface area (Å²) >= 11 is 1.86. The van der Waals surface area contributed by atoms with Crippen LogP contribution in [0.3, 0.4) is 0 Å². The third-order valence-electron chi connectivity index (χ3n) is 3.70. The van der Waals surface area contributed by atoms with E-state index in [0.717, 1.165) is 30.8 Å². The molecule has 1 rings (SSSR count). The Labute approximate surface area is 133 Å². The van der Waals surface area contributed by atoms with Gasteiger partial charge in [0.15, 0.2) is 0 Å². The predicted molar refractivity (Wildman–Crippen MR) is 91.3 cm³/mol. The average Bonchev–Trinajstić information content (AvgIpc) is 2.50. The Morgan fingerprint density at radius 1 is 1.29 bits per heavy atom. The lowest BCUT2D eigenvalue weighted by atomic mass is 9.91. The Morgan fingerprint density at radius 3 is 2.43 bits per heavy atom. The summed E-state index contributed by atoms with van der Waals surface area (Å²) in [5.41, 5.74) is -0.130. The Balaban J connectivity index is 2.39. The Bertz CT molecular complexity index is 388. The van der Waals surface area contributed by atoms with Crippen LogP contribution < -0.4 is 10.1 Å². The number of thioether (sulfide) groups is 1. The monoisotopic (exact) mass is 311 g/mol. The molecule has 0 bridgehead atoms. The fraction of sp³-hybridized carbons (Fsp3) is 0.647. The van der Waals surface area contributed by atoms with Crippen molar-refractivity contribution >= 4 is 11.8 Å². The van der Waals surface area contributed by atoms with Gasteiger partial charge in [-0.05, 0) is 49.3 Å². The molecule has 2 N–H and O–H groups in total. The third kappa shape index (κ3) is 6.29. The molecule has 0 aliphatic rings. The van der Waals surface area contributed by atoms with Gasteiger partial charge < -0.3 is 15.2 Å². The lowest BCUT2D eigenvalue weighted by Crippen LogP contribution is -2.51. The van der Waals surface area contributed by atoms with Crippen molar-refractivity contribution in [2.75, 3.05) is 19.5 Å². The van der Waals surface area contributed by atoms with Gasteiger partial charge in [0.1, 0.15) is 5.75 Å². The molecule has 0 heterocycles. The first-order valence-corrected chi connectivity index (χ1v) is 8.69. The largest absolute Gasteiger partial charge is 0.497 e. The summed E-state index contributed by atoms with van der Waals surface area (Å²) in [6.07, 6.45) is 3.04. The van der Waals surface area contributed by atoms with Crippen molar-refractivity contribution in [1.82, 2.24) is 5.32 Å². The highest BCUT2D eigenvalue weighted by Crippen LogP contribution is 2.25. The summed E-state index contributed by atoms with van der Waals surface area (Å²) in [7, 11) is 1.68. The summed E-state index contributed by atoms with van der Waals surface area (Å²) in [4.78, 5) is 1.26. The van der Waals surface area contributed by atoms with Crippen molar-refractivity contribution in [2.24, 2.45) is 0 Å². The molecule has 1 atom stereocenters. The first kappa shape index (κ1) is 18.3. The fourth-order valence-electron chi connectivity index (χ4n) is 2.47. The quantitative estimate of drug-likeness (QED) is 0.510. The molecule has 0 radical (unpaired) electrons. The molecule has 1 aromatic carbocycles. The molecule has 0 spiro atoms. The van der Waals surface area contributed by atoms with Gasteiger partial charge in [0, 0.05) is 16.5 Å². The fourth-order valence-corrected chi connectivity index (χ4v) is 3.33. The number of methoxy groups -OCH3 is 1. The average molecular weight is 311 g/mol. The molecule has 1 unspecified atom stereocenters. The van der Waals surface area contributed by atoms with E-state index in [1.807, 2.05) is 23.9 Å². The normalized spacial score (nSPS) is 14.2. The predicted octanol–water partition coefficient (Wildman–Crippen LogP) is 3.71. The van der Waals surface area contributed by atoms with Crippen LogP contribution in [0.25, 0.3) is 0 Å². The molecule has 0 aromatic heterocycles. The Morgan fingerprint density at radius 2 is 1.95 bits per heavy atom. The van der Waals surface area contributed by atoms with E-state index < -0.39 is 0 Å². The van der Waals surface area contributed by atoms with Crippen LogP contribution >= 0.6 is 11.8 Å². The molecule has 0 fully saturated rings. The molecule has 0 saturated heterocycles. The van der Waals surface area contributed by atoms with E-state index in [4.69, 9.17) is 4.74 Å². The van der Waals surface area contributed by atoms with E-state index >= 15 is 0 Å². The zero-order chi connectivity index (χ0) is 15.7. The van der Waals surface area contributed by atoms with Crippen molar-refractivity contribution in [3.05, 3.63) is 24.3 Å². The summed E-state index contributed by atoms with van der Waals surface area (Å²) in [5.74, 6) is 1.96. The second kappa shape index (κ2) is 9.34. The van der Waals surface area contributed by atoms with E-state index in [1.54, 1.807) is 7.11 Å². The first-order chi connectivity index (χ1) is 10.0. The number of rotatable bonds is 10. The van der Waals surface area contributed by atoms with Crippen LogP contribution in [0.1, 0.15) is 40.0 Å². The van der Waals surface area contributed by atoms with Crippen molar-refractivity contribution in [3.8, 4) is 5.75 Å². The summed E-state index contributed by atoms with van der Waals surface area (Å²) < 4.78 is 5.16. The zero-order valence-corrected chi connectivity index (χ0v) is 14.5. The van der Waals surface area contributed by atoms with Crippen LogP contribution in [-0.2, 0) is 0 Å². The highest BCUT2D eigenvalue weighted by Gasteiger charge is 2.26. The molecule has 3 nitrogen and oxygen atoms in total. The van der Waals surface area contributed by atoms with Crippen LogP contribution in [0.5, 0.6) is 5.75 Å². The molecule has 0 aliphatic carbocycles. The van der Waals surface area contributed by atoms with Gasteiger partial charge in [-0.3, -0.25) is 0 Å². The highest BCUT2D eigenvalue weighted by atomic mass is 32.2. The van der Waals surface area contributed by atoms with Crippen LogP contribution in [-0.4, -0.2) is 36.2 Å². The number of nitrogens with one attached hydrogen (secondary N) is 1. The first-order valence-electron chi connectivity index (χ1n) is 7.70. The number of benzene rings is 1. The summed E-state index contributed by atoms with van der Waals surface area (Å²) in [5, 5.41) is 13.2. The van der Waals surface area contributed by atoms with Crippen molar-refractivity contribution < 1.29 is 9.84 Å². The maximum Gasteiger partial charge on any atom is 0.118 e. The minimum atomic E-state index is -0.130. The molecule has 120 valence electrons. The number of ether oxygens (including phenoxy) is 1. The summed E-state index contributed by atoms with van der Waals surface area (Å²) in [6.45, 7) is 6.61. The van der Waals surface area contributed by atoms with E-state index in [9.17, 15) is 5.11 Å². The number of aliphatic hydroxyl groups excluding tert-OH is 1. The molecular formula is C17H29NO2S. The number of hydrogen-bond acceptors (Lipinski definition) is 4. The van der Waals surface area contributed by atoms with Crippen molar-refractivity contribution in [2.45, 2.75) is 56.5 Å². The van der Waals surface area contributed by atoms with Gasteiger partial charge in [0.25, 0.3) is 0 Å². The minimum Gasteiger partial charge on any atom is -0.497 e. The zero-order valence-electron chi connectivity index (χ0n) is 13.7. The minimum absolute atomic E-state index is 0.130. The van der Waals surface area contributed by atoms with E-state index in [-0.39, 0.29) is 12.1 Å². The number of aliphatic hydroxyl groups is 1. The maximum atomic E-state index is 9.72. The van der Waals surface area contributed by atoms with Gasteiger partial charge in [-0.1, -0.05) is 20.8 Å². The molecule has 0 aliphatic heterocycles. The van der Waals surface area contributed by atoms with Gasteiger partial charge in [-0.25, -0.2) is 0 Å². The Kier molecular flexibility index (Phi) is 8.15. The second-order valence-electron chi connectivity index (χ2n) is 5.72. The lowest BCUT2D eigenvalue weighted by Gasteiger charge is -2.34. The maximum absolute atomic E-state index is 9.72.